The van der Waals surface area contributed by atoms with Crippen LogP contribution < -0.4 is 12.4 Å². The van der Waals surface area contributed by atoms with Gasteiger partial charge >= 0.3 is 0 Å². The van der Waals surface area contributed by atoms with Crippen LogP contribution in [0.1, 0.15) is 20.8 Å². The van der Waals surface area contributed by atoms with Gasteiger partial charge in [0, 0.05) is 5.41 Å². The third-order valence-corrected chi connectivity index (χ3v) is 1.59. The van der Waals surface area contributed by atoms with E-state index < -0.39 is 0 Å². The van der Waals surface area contributed by atoms with Crippen molar-refractivity contribution in [1.29, 1.82) is 0 Å². The summed E-state index contributed by atoms with van der Waals surface area (Å²) in [4.78, 5) is 0. The third-order valence-electron chi connectivity index (χ3n) is 0.530. The lowest BCUT2D eigenvalue weighted by Crippen LogP contribution is -3.00. The highest BCUT2D eigenvalue weighted by molar-refractivity contribution is 7.58. The zero-order valence-corrected chi connectivity index (χ0v) is 6.84. The Balaban J connectivity index is 0. The summed E-state index contributed by atoms with van der Waals surface area (Å²) in [5.41, 5.74) is 0.455. The largest absolute Gasteiger partial charge is 1.00 e. The lowest BCUT2D eigenvalue weighted by Gasteiger charge is -2.07. The van der Waals surface area contributed by atoms with E-state index in [0.717, 1.165) is 5.75 Å². The molecule has 0 heterocycles. The van der Waals surface area contributed by atoms with E-state index in [-0.39, 0.29) is 12.4 Å². The monoisotopic (exact) mass is 140 g/mol. The lowest BCUT2D eigenvalue weighted by molar-refractivity contribution is -0.00000194. The lowest BCUT2D eigenvalue weighted by atomic mass is 10.0. The minimum absolute atomic E-state index is 0. The van der Waals surface area contributed by atoms with E-state index in [1.165, 1.54) is 0 Å². The minimum atomic E-state index is 0. The van der Waals surface area contributed by atoms with Crippen molar-refractivity contribution in [2.75, 3.05) is 5.75 Å². The maximum absolute atomic E-state index is 3.41. The van der Waals surface area contributed by atoms with Gasteiger partial charge in [-0.3, -0.25) is 0 Å². The molecule has 0 aromatic heterocycles. The van der Waals surface area contributed by atoms with Crippen molar-refractivity contribution in [2.24, 2.45) is 5.41 Å². The molecule has 0 fully saturated rings. The minimum Gasteiger partial charge on any atom is -1.00 e. The molecule has 0 aromatic rings. The zero-order chi connectivity index (χ0) is 5.21. The third kappa shape index (κ3) is 10.8. The fourth-order valence-corrected chi connectivity index (χ4v) is 0. The Morgan fingerprint density at radius 1 is 1.29 bits per heavy atom. The van der Waals surface area contributed by atoms with Crippen molar-refractivity contribution >= 4 is 12.6 Å². The number of rotatable bonds is 0. The highest BCUT2D eigenvalue weighted by atomic mass is 35.5. The van der Waals surface area contributed by atoms with Gasteiger partial charge in [0.1, 0.15) is 5.75 Å². The molecule has 0 nitrogen and oxygen atoms in total. The molecule has 7 heavy (non-hydrogen) atoms. The quantitative estimate of drug-likeness (QED) is 0.343. The van der Waals surface area contributed by atoms with Crippen molar-refractivity contribution in [3.63, 3.8) is 0 Å². The zero-order valence-electron chi connectivity index (χ0n) is 5.09. The van der Waals surface area contributed by atoms with Crippen LogP contribution in [0.15, 0.2) is 0 Å². The average molecular weight is 141 g/mol. The topological polar surface area (TPSA) is 0 Å². The molecule has 0 saturated heterocycles. The molecule has 0 radical (unpaired) electrons. The van der Waals surface area contributed by atoms with Gasteiger partial charge in [0.15, 0.2) is 0 Å². The molecule has 0 aromatic carbocycles. The molecule has 0 N–H and O–H groups in total. The Morgan fingerprint density at radius 3 is 1.43 bits per heavy atom. The smallest absolute Gasteiger partial charge is 0.108 e. The molecular formula is C5H13ClS. The first-order valence-corrected chi connectivity index (χ1v) is 2.91. The maximum Gasteiger partial charge on any atom is 0.108 e. The fourth-order valence-electron chi connectivity index (χ4n) is 0. The summed E-state index contributed by atoms with van der Waals surface area (Å²) in [7, 11) is 0. The Bertz CT molecular complexity index is 37.8. The molecular weight excluding hydrogens is 128 g/mol. The predicted molar refractivity (Wildman–Crippen MR) is 34.5 cm³/mol. The van der Waals surface area contributed by atoms with Crippen molar-refractivity contribution in [3.05, 3.63) is 0 Å². The summed E-state index contributed by atoms with van der Waals surface area (Å²) in [6.45, 7) is 6.58. The van der Waals surface area contributed by atoms with Gasteiger partial charge in [-0.05, 0) is 12.6 Å². The molecule has 0 amide bonds. The molecule has 0 atom stereocenters. The molecule has 46 valence electrons. The molecule has 2 heteroatoms. The predicted octanol–water partition coefficient (Wildman–Crippen LogP) is -1.95. The molecule has 0 aliphatic rings. The molecule has 0 rings (SSSR count). The van der Waals surface area contributed by atoms with Crippen LogP contribution in [-0.4, -0.2) is 5.75 Å². The van der Waals surface area contributed by atoms with Gasteiger partial charge in [-0.1, -0.05) is 20.8 Å². The van der Waals surface area contributed by atoms with E-state index in [1.54, 1.807) is 0 Å². The van der Waals surface area contributed by atoms with Crippen LogP contribution in [0.25, 0.3) is 0 Å². The van der Waals surface area contributed by atoms with E-state index >= 15 is 0 Å². The average Bonchev–Trinajstić information content (AvgIpc) is 1.35. The van der Waals surface area contributed by atoms with Crippen LogP contribution in [0, 0.1) is 5.41 Å². The van der Waals surface area contributed by atoms with Crippen LogP contribution in [0.4, 0.5) is 0 Å². The summed E-state index contributed by atoms with van der Waals surface area (Å²) in [6, 6.07) is 0. The van der Waals surface area contributed by atoms with Gasteiger partial charge in [0.05, 0.1) is 0 Å². The number of halogens is 1. The van der Waals surface area contributed by atoms with Gasteiger partial charge in [0.2, 0.25) is 0 Å². The van der Waals surface area contributed by atoms with Crippen molar-refractivity contribution in [2.45, 2.75) is 20.8 Å². The SMILES string of the molecule is CC(C)(C)C[SH2+].[Cl-]. The molecule has 0 aliphatic heterocycles. The number of hydrogen-bond donors (Lipinski definition) is 0. The van der Waals surface area contributed by atoms with E-state index in [4.69, 9.17) is 0 Å². The van der Waals surface area contributed by atoms with E-state index in [2.05, 4.69) is 33.4 Å². The molecule has 0 saturated carbocycles. The van der Waals surface area contributed by atoms with E-state index in [0.29, 0.717) is 5.41 Å². The first-order valence-electron chi connectivity index (χ1n) is 2.21. The Kier molecular flexibility index (Phi) is 5.47. The molecule has 0 unspecified atom stereocenters. The van der Waals surface area contributed by atoms with Crippen LogP contribution in [0.5, 0.6) is 0 Å². The van der Waals surface area contributed by atoms with Crippen LogP contribution >= 0.6 is 0 Å². The summed E-state index contributed by atoms with van der Waals surface area (Å²) < 4.78 is 0. The second kappa shape index (κ2) is 3.62. The summed E-state index contributed by atoms with van der Waals surface area (Å²) >= 11 is 3.41. The van der Waals surface area contributed by atoms with Crippen LogP contribution in [0.3, 0.4) is 0 Å². The second-order valence-electron chi connectivity index (χ2n) is 2.74. The Labute approximate surface area is 57.5 Å². The second-order valence-corrected chi connectivity index (χ2v) is 3.09. The van der Waals surface area contributed by atoms with Gasteiger partial charge in [-0.25, -0.2) is 0 Å². The Hall–Kier alpha value is 0.640. The van der Waals surface area contributed by atoms with Gasteiger partial charge in [0.25, 0.3) is 0 Å². The Morgan fingerprint density at radius 2 is 1.43 bits per heavy atom. The van der Waals surface area contributed by atoms with Crippen molar-refractivity contribution < 1.29 is 12.4 Å². The summed E-state index contributed by atoms with van der Waals surface area (Å²) in [5, 5.41) is 0. The van der Waals surface area contributed by atoms with E-state index in [9.17, 15) is 0 Å². The van der Waals surface area contributed by atoms with Crippen LogP contribution in [0.2, 0.25) is 0 Å². The van der Waals surface area contributed by atoms with Gasteiger partial charge < -0.3 is 12.4 Å². The first kappa shape index (κ1) is 10.6. The van der Waals surface area contributed by atoms with Crippen molar-refractivity contribution in [3.8, 4) is 0 Å². The fraction of sp³-hybridized carbons (Fsp3) is 1.00. The van der Waals surface area contributed by atoms with Crippen molar-refractivity contribution in [1.82, 2.24) is 0 Å². The highest BCUT2D eigenvalue weighted by Gasteiger charge is 2.08. The normalized spacial score (nSPS) is 10.3. The molecule has 0 spiro atoms. The standard InChI is InChI=1S/C5H12S.ClH/c1-5(2,3)4-6;/h6H,4H2,1-3H3;1H. The maximum atomic E-state index is 3.41. The first-order chi connectivity index (χ1) is 2.56. The summed E-state index contributed by atoms with van der Waals surface area (Å²) in [5.74, 6) is 1.08. The number of hydrogen-bond acceptors (Lipinski definition) is 0. The summed E-state index contributed by atoms with van der Waals surface area (Å²) in [6.07, 6.45) is 0. The molecule has 0 bridgehead atoms. The molecule has 0 aliphatic carbocycles. The van der Waals surface area contributed by atoms with E-state index in [1.807, 2.05) is 0 Å². The highest BCUT2D eigenvalue weighted by Crippen LogP contribution is 2.09. The van der Waals surface area contributed by atoms with Gasteiger partial charge in [-0.2, -0.15) is 0 Å². The van der Waals surface area contributed by atoms with Crippen LogP contribution in [-0.2, 0) is 12.6 Å². The van der Waals surface area contributed by atoms with Gasteiger partial charge in [-0.15, -0.1) is 0 Å².